The molecule has 3 rings (SSSR count). The fraction of sp³-hybridized carbons (Fsp3) is 0.700. The summed E-state index contributed by atoms with van der Waals surface area (Å²) in [5.41, 5.74) is -0.562. The van der Waals surface area contributed by atoms with Crippen LogP contribution in [0.4, 0.5) is 19.1 Å². The van der Waals surface area contributed by atoms with Crippen LogP contribution >= 0.6 is 7.67 Å². The number of nitrogens with zero attached hydrogens (tertiary/aromatic N) is 5. The molecule has 0 aliphatic carbocycles. The summed E-state index contributed by atoms with van der Waals surface area (Å²) in [7, 11) is -2.67. The molecule has 2 aliphatic rings. The summed E-state index contributed by atoms with van der Waals surface area (Å²) in [6, 6.07) is 0. The van der Waals surface area contributed by atoms with Gasteiger partial charge in [-0.05, 0) is 4.92 Å². The second-order valence-electron chi connectivity index (χ2n) is 5.22. The van der Waals surface area contributed by atoms with Crippen molar-refractivity contribution < 1.29 is 27.2 Å². The van der Waals surface area contributed by atoms with Crippen molar-refractivity contribution in [2.75, 3.05) is 26.2 Å². The Morgan fingerprint density at radius 2 is 1.87 bits per heavy atom. The van der Waals surface area contributed by atoms with Crippen molar-refractivity contribution in [1.82, 2.24) is 18.9 Å². The molecule has 9 nitrogen and oxygen atoms in total. The topological polar surface area (TPSA) is 93.3 Å². The maximum atomic E-state index is 13.4. The van der Waals surface area contributed by atoms with Gasteiger partial charge in [0, 0.05) is 26.2 Å². The SMILES string of the molecule is Cn1c([C@H](OP(=O)(N2CC2)N2CC2)C(F)(F)F)cnc1[N+](=O)[O-]. The molecule has 2 aliphatic heterocycles. The third-order valence-electron chi connectivity index (χ3n) is 3.53. The lowest BCUT2D eigenvalue weighted by Gasteiger charge is -2.26. The Balaban J connectivity index is 1.96. The molecular weight excluding hydrogens is 342 g/mol. The monoisotopic (exact) mass is 355 g/mol. The van der Waals surface area contributed by atoms with Crippen LogP contribution in [0.1, 0.15) is 11.8 Å². The van der Waals surface area contributed by atoms with Gasteiger partial charge in [-0.1, -0.05) is 4.98 Å². The first kappa shape index (κ1) is 16.4. The fourth-order valence-electron chi connectivity index (χ4n) is 2.15. The van der Waals surface area contributed by atoms with Crippen molar-refractivity contribution in [2.45, 2.75) is 12.3 Å². The average molecular weight is 355 g/mol. The Morgan fingerprint density at radius 3 is 2.22 bits per heavy atom. The second kappa shape index (κ2) is 5.26. The highest BCUT2D eigenvalue weighted by Gasteiger charge is 2.56. The van der Waals surface area contributed by atoms with Crippen LogP contribution < -0.4 is 0 Å². The zero-order valence-electron chi connectivity index (χ0n) is 11.9. The van der Waals surface area contributed by atoms with Gasteiger partial charge in [0.1, 0.15) is 6.20 Å². The molecule has 0 saturated carbocycles. The van der Waals surface area contributed by atoms with E-state index in [2.05, 4.69) is 4.98 Å². The summed E-state index contributed by atoms with van der Waals surface area (Å²) < 4.78 is 61.4. The van der Waals surface area contributed by atoms with Gasteiger partial charge in [0.05, 0.1) is 7.05 Å². The minimum Gasteiger partial charge on any atom is -0.390 e. The largest absolute Gasteiger partial charge is 0.434 e. The normalized spacial score (nSPS) is 20.5. The van der Waals surface area contributed by atoms with Crippen LogP contribution in [-0.4, -0.2) is 56.2 Å². The Bertz CT molecular complexity index is 669. The first-order valence-corrected chi connectivity index (χ1v) is 8.19. The molecule has 0 unspecified atom stereocenters. The maximum absolute atomic E-state index is 13.4. The number of nitro groups is 1. The van der Waals surface area contributed by atoms with E-state index >= 15 is 0 Å². The quantitative estimate of drug-likeness (QED) is 0.332. The van der Waals surface area contributed by atoms with Crippen LogP contribution in [0.3, 0.4) is 0 Å². The fourth-order valence-corrected chi connectivity index (χ4v) is 4.47. The van der Waals surface area contributed by atoms with Gasteiger partial charge in [0.2, 0.25) is 6.10 Å². The molecule has 0 bridgehead atoms. The Morgan fingerprint density at radius 1 is 1.35 bits per heavy atom. The van der Waals surface area contributed by atoms with Crippen molar-refractivity contribution in [3.8, 4) is 0 Å². The zero-order valence-corrected chi connectivity index (χ0v) is 12.8. The van der Waals surface area contributed by atoms with E-state index in [0.717, 1.165) is 13.2 Å². The predicted molar refractivity (Wildman–Crippen MR) is 70.5 cm³/mol. The van der Waals surface area contributed by atoms with Crippen molar-refractivity contribution in [3.63, 3.8) is 0 Å². The number of rotatable bonds is 6. The number of alkyl halides is 3. The lowest BCUT2D eigenvalue weighted by molar-refractivity contribution is -0.396. The molecule has 13 heteroatoms. The number of halogens is 3. The van der Waals surface area contributed by atoms with Crippen LogP contribution in [0.5, 0.6) is 0 Å². The lowest BCUT2D eigenvalue weighted by atomic mass is 10.2. The third-order valence-corrected chi connectivity index (χ3v) is 6.25. The summed E-state index contributed by atoms with van der Waals surface area (Å²) in [6.45, 7) is 1.57. The first-order valence-electron chi connectivity index (χ1n) is 6.66. The van der Waals surface area contributed by atoms with E-state index in [0.29, 0.717) is 30.7 Å². The number of aromatic nitrogens is 2. The van der Waals surface area contributed by atoms with Crippen molar-refractivity contribution >= 4 is 13.6 Å². The van der Waals surface area contributed by atoms with Gasteiger partial charge < -0.3 is 10.1 Å². The van der Waals surface area contributed by atoms with E-state index in [1.165, 1.54) is 9.34 Å². The molecule has 1 aromatic heterocycles. The van der Waals surface area contributed by atoms with Gasteiger partial charge in [0.15, 0.2) is 5.69 Å². The molecule has 1 atom stereocenters. The molecule has 2 fully saturated rings. The highest BCUT2D eigenvalue weighted by atomic mass is 31.2. The van der Waals surface area contributed by atoms with Crippen LogP contribution in [-0.2, 0) is 16.1 Å². The zero-order chi connectivity index (χ0) is 17.0. The summed E-state index contributed by atoms with van der Waals surface area (Å²) >= 11 is 0. The number of hydrogen-bond acceptors (Lipinski definition) is 5. The first-order chi connectivity index (χ1) is 10.6. The van der Waals surface area contributed by atoms with Gasteiger partial charge in [-0.3, -0.25) is 9.09 Å². The molecule has 2 saturated heterocycles. The van der Waals surface area contributed by atoms with Gasteiger partial charge in [0.25, 0.3) is 0 Å². The molecule has 0 radical (unpaired) electrons. The Kier molecular flexibility index (Phi) is 3.75. The molecule has 0 amide bonds. The van der Waals surface area contributed by atoms with Crippen LogP contribution in [0.2, 0.25) is 0 Å². The smallest absolute Gasteiger partial charge is 0.390 e. The summed E-state index contributed by atoms with van der Waals surface area (Å²) in [6.07, 6.45) is -6.71. The van der Waals surface area contributed by atoms with Crippen molar-refractivity contribution in [2.24, 2.45) is 7.05 Å². The van der Waals surface area contributed by atoms with E-state index < -0.39 is 36.5 Å². The summed E-state index contributed by atoms with van der Waals surface area (Å²) in [5, 5.41) is 10.8. The predicted octanol–water partition coefficient (Wildman–Crippen LogP) is 1.69. The molecular formula is C10H13F3N5O4P. The van der Waals surface area contributed by atoms with E-state index in [9.17, 15) is 27.9 Å². The lowest BCUT2D eigenvalue weighted by Crippen LogP contribution is -2.27. The van der Waals surface area contributed by atoms with Crippen molar-refractivity contribution in [3.05, 3.63) is 22.0 Å². The number of imidazole rings is 1. The Hall–Kier alpha value is -1.49. The van der Waals surface area contributed by atoms with Gasteiger partial charge in [-0.15, -0.1) is 0 Å². The number of hydrogen-bond donors (Lipinski definition) is 0. The van der Waals surface area contributed by atoms with Crippen LogP contribution in [0.15, 0.2) is 6.20 Å². The second-order valence-corrected chi connectivity index (χ2v) is 7.55. The van der Waals surface area contributed by atoms with E-state index in [1.54, 1.807) is 0 Å². The van der Waals surface area contributed by atoms with E-state index in [1.807, 2.05) is 0 Å². The molecule has 0 N–H and O–H groups in total. The maximum Gasteiger partial charge on any atom is 0.434 e. The van der Waals surface area contributed by atoms with Gasteiger partial charge >= 0.3 is 19.8 Å². The Labute approximate surface area is 128 Å². The summed E-state index contributed by atoms with van der Waals surface area (Å²) in [5.74, 6) is -0.744. The molecule has 0 spiro atoms. The molecule has 0 aromatic carbocycles. The summed E-state index contributed by atoms with van der Waals surface area (Å²) in [4.78, 5) is 13.2. The highest BCUT2D eigenvalue weighted by Crippen LogP contribution is 2.64. The highest BCUT2D eigenvalue weighted by molar-refractivity contribution is 7.54. The minimum absolute atomic E-state index is 0.393. The van der Waals surface area contributed by atoms with Gasteiger partial charge in [-0.25, -0.2) is 13.9 Å². The average Bonchev–Trinajstić information content (AvgIpc) is 3.32. The van der Waals surface area contributed by atoms with Crippen LogP contribution in [0.25, 0.3) is 0 Å². The standard InChI is InChI=1S/C10H13F3N5O4P/c1-15-7(6-14-9(15)18(19)20)8(10(11,12)13)22-23(21,16-2-3-16)17-4-5-17/h6,8H,2-5H2,1H3/t8-/m0/s1. The molecule has 3 heterocycles. The molecule has 128 valence electrons. The van der Waals surface area contributed by atoms with E-state index in [-0.39, 0.29) is 0 Å². The van der Waals surface area contributed by atoms with E-state index in [4.69, 9.17) is 4.52 Å². The third kappa shape index (κ3) is 2.99. The van der Waals surface area contributed by atoms with Gasteiger partial charge in [-0.2, -0.15) is 13.2 Å². The van der Waals surface area contributed by atoms with Crippen molar-refractivity contribution in [1.29, 1.82) is 0 Å². The molecule has 1 aromatic rings. The van der Waals surface area contributed by atoms with Crippen LogP contribution in [0, 0.1) is 10.1 Å². The molecule has 23 heavy (non-hydrogen) atoms. The minimum atomic E-state index is -4.89.